The molecule has 0 N–H and O–H groups in total. The van der Waals surface area contributed by atoms with Crippen molar-refractivity contribution < 1.29 is 4.39 Å². The van der Waals surface area contributed by atoms with Crippen LogP contribution in [-0.2, 0) is 11.8 Å². The summed E-state index contributed by atoms with van der Waals surface area (Å²) in [7, 11) is 0. The molecule has 0 aliphatic heterocycles. The molecule has 0 aliphatic carbocycles. The fraction of sp³-hybridized carbons (Fsp3) is 0.294. The minimum Gasteiger partial charge on any atom is -0.206 e. The van der Waals surface area contributed by atoms with Crippen molar-refractivity contribution >= 4 is 47.8 Å². The number of alkyl halides is 2. The van der Waals surface area contributed by atoms with Gasteiger partial charge in [-0.1, -0.05) is 68.3 Å². The van der Waals surface area contributed by atoms with E-state index in [0.29, 0.717) is 4.47 Å². The lowest BCUT2D eigenvalue weighted by Gasteiger charge is -2.32. The SMILES string of the molecule is Cc1ccccc1C(CBr)(CBr)Cc1cccc(F)c1Br. The van der Waals surface area contributed by atoms with Crippen molar-refractivity contribution in [1.82, 2.24) is 0 Å². The Labute approximate surface area is 150 Å². The number of aryl methyl sites for hydroxylation is 1. The minimum absolute atomic E-state index is 0.109. The van der Waals surface area contributed by atoms with Crippen molar-refractivity contribution in [3.63, 3.8) is 0 Å². The molecular formula is C17H16Br3F. The average Bonchev–Trinajstić information content (AvgIpc) is 2.50. The van der Waals surface area contributed by atoms with Crippen molar-refractivity contribution in [2.75, 3.05) is 10.7 Å². The molecule has 0 radical (unpaired) electrons. The summed E-state index contributed by atoms with van der Waals surface area (Å²) in [5.74, 6) is -0.213. The van der Waals surface area contributed by atoms with Gasteiger partial charge in [0.15, 0.2) is 0 Å². The van der Waals surface area contributed by atoms with Gasteiger partial charge in [0.1, 0.15) is 5.82 Å². The maximum atomic E-state index is 13.8. The quantitative estimate of drug-likeness (QED) is 0.451. The third-order valence-corrected chi connectivity index (χ3v) is 6.82. The summed E-state index contributed by atoms with van der Waals surface area (Å²) >= 11 is 10.7. The predicted molar refractivity (Wildman–Crippen MR) is 98.2 cm³/mol. The average molecular weight is 479 g/mol. The summed E-state index contributed by atoms with van der Waals surface area (Å²) in [6, 6.07) is 13.6. The second kappa shape index (κ2) is 7.38. The third-order valence-electron chi connectivity index (χ3n) is 3.79. The molecule has 0 bridgehead atoms. The molecule has 0 unspecified atom stereocenters. The van der Waals surface area contributed by atoms with E-state index in [1.807, 2.05) is 12.1 Å². The summed E-state index contributed by atoms with van der Waals surface area (Å²) in [6.45, 7) is 2.12. The van der Waals surface area contributed by atoms with Gasteiger partial charge in [-0.2, -0.15) is 0 Å². The topological polar surface area (TPSA) is 0 Å². The van der Waals surface area contributed by atoms with Gasteiger partial charge in [-0.25, -0.2) is 4.39 Å². The van der Waals surface area contributed by atoms with Gasteiger partial charge in [0, 0.05) is 16.1 Å². The summed E-state index contributed by atoms with van der Waals surface area (Å²) < 4.78 is 14.3. The van der Waals surface area contributed by atoms with Gasteiger partial charge in [-0.3, -0.25) is 0 Å². The maximum absolute atomic E-state index is 13.8. The molecule has 0 atom stereocenters. The Bertz CT molecular complexity index is 621. The standard InChI is InChI=1S/C17H16Br3F/c1-12-5-2-3-7-14(12)17(10-18,11-19)9-13-6-4-8-15(21)16(13)20/h2-8H,9-11H2,1H3. The zero-order valence-electron chi connectivity index (χ0n) is 11.7. The van der Waals surface area contributed by atoms with Gasteiger partial charge in [0.25, 0.3) is 0 Å². The molecule has 0 saturated carbocycles. The van der Waals surface area contributed by atoms with Crippen molar-refractivity contribution in [3.05, 3.63) is 69.4 Å². The molecule has 2 aromatic carbocycles. The fourth-order valence-electron chi connectivity index (χ4n) is 2.59. The van der Waals surface area contributed by atoms with E-state index in [1.54, 1.807) is 6.07 Å². The highest BCUT2D eigenvalue weighted by Gasteiger charge is 2.32. The largest absolute Gasteiger partial charge is 0.206 e. The Balaban J connectivity index is 2.49. The Kier molecular flexibility index (Phi) is 6.04. The van der Waals surface area contributed by atoms with Crippen molar-refractivity contribution in [1.29, 1.82) is 0 Å². The summed E-state index contributed by atoms with van der Waals surface area (Å²) in [4.78, 5) is 0. The maximum Gasteiger partial charge on any atom is 0.137 e. The molecule has 0 aliphatic rings. The van der Waals surface area contributed by atoms with Crippen molar-refractivity contribution in [3.8, 4) is 0 Å². The van der Waals surface area contributed by atoms with Crippen LogP contribution >= 0.6 is 47.8 Å². The smallest absolute Gasteiger partial charge is 0.137 e. The summed E-state index contributed by atoms with van der Waals surface area (Å²) in [5.41, 5.74) is 3.41. The van der Waals surface area contributed by atoms with E-state index < -0.39 is 0 Å². The molecule has 2 rings (SSSR count). The van der Waals surface area contributed by atoms with E-state index in [4.69, 9.17) is 0 Å². The third kappa shape index (κ3) is 3.59. The van der Waals surface area contributed by atoms with Gasteiger partial charge < -0.3 is 0 Å². The lowest BCUT2D eigenvalue weighted by atomic mass is 9.77. The number of benzene rings is 2. The molecule has 0 amide bonds. The van der Waals surface area contributed by atoms with E-state index in [1.165, 1.54) is 17.2 Å². The second-order valence-corrected chi connectivity index (χ2v) is 7.17. The predicted octanol–water partition coefficient (Wildman–Crippen LogP) is 6.17. The minimum atomic E-state index is -0.213. The molecule has 0 saturated heterocycles. The van der Waals surface area contributed by atoms with Crippen molar-refractivity contribution in [2.24, 2.45) is 0 Å². The van der Waals surface area contributed by atoms with Gasteiger partial charge in [-0.15, -0.1) is 0 Å². The monoisotopic (exact) mass is 476 g/mol. The number of halogens is 4. The lowest BCUT2D eigenvalue weighted by molar-refractivity contribution is 0.541. The fourth-order valence-corrected chi connectivity index (χ4v) is 4.92. The molecule has 0 aromatic heterocycles. The highest BCUT2D eigenvalue weighted by Crippen LogP contribution is 2.36. The lowest BCUT2D eigenvalue weighted by Crippen LogP contribution is -2.34. The van der Waals surface area contributed by atoms with Gasteiger partial charge in [0.2, 0.25) is 0 Å². The van der Waals surface area contributed by atoms with E-state index in [9.17, 15) is 4.39 Å². The van der Waals surface area contributed by atoms with Crippen LogP contribution in [0.15, 0.2) is 46.9 Å². The van der Waals surface area contributed by atoms with Crippen LogP contribution in [0, 0.1) is 12.7 Å². The number of hydrogen-bond acceptors (Lipinski definition) is 0. The first-order valence-corrected chi connectivity index (χ1v) is 9.68. The molecular weight excluding hydrogens is 463 g/mol. The van der Waals surface area contributed by atoms with E-state index in [2.05, 4.69) is 72.9 Å². The summed E-state index contributed by atoms with van der Waals surface area (Å²) in [6.07, 6.45) is 0.757. The Morgan fingerprint density at radius 1 is 1.00 bits per heavy atom. The zero-order chi connectivity index (χ0) is 15.5. The zero-order valence-corrected chi connectivity index (χ0v) is 16.4. The Morgan fingerprint density at radius 3 is 2.29 bits per heavy atom. The van der Waals surface area contributed by atoms with Crippen LogP contribution in [0.3, 0.4) is 0 Å². The van der Waals surface area contributed by atoms with Crippen LogP contribution in [-0.4, -0.2) is 10.7 Å². The van der Waals surface area contributed by atoms with Crippen molar-refractivity contribution in [2.45, 2.75) is 18.8 Å². The Morgan fingerprint density at radius 2 is 1.67 bits per heavy atom. The molecule has 112 valence electrons. The highest BCUT2D eigenvalue weighted by molar-refractivity contribution is 9.10. The molecule has 4 heteroatoms. The van der Waals surface area contributed by atoms with E-state index in [0.717, 1.165) is 22.6 Å². The first kappa shape index (κ1) is 17.2. The second-order valence-electron chi connectivity index (χ2n) is 5.25. The van der Waals surface area contributed by atoms with Crippen LogP contribution in [0.4, 0.5) is 4.39 Å². The molecule has 2 aromatic rings. The Hall–Kier alpha value is -0.190. The number of rotatable bonds is 5. The summed E-state index contributed by atoms with van der Waals surface area (Å²) in [5, 5.41) is 1.61. The molecule has 0 fully saturated rings. The first-order chi connectivity index (χ1) is 10.0. The number of hydrogen-bond donors (Lipinski definition) is 0. The van der Waals surface area contributed by atoms with Gasteiger partial charge >= 0.3 is 0 Å². The molecule has 0 heterocycles. The highest BCUT2D eigenvalue weighted by atomic mass is 79.9. The van der Waals surface area contributed by atoms with E-state index in [-0.39, 0.29) is 11.2 Å². The molecule has 0 spiro atoms. The van der Waals surface area contributed by atoms with Gasteiger partial charge in [-0.05, 0) is 52.0 Å². The molecule has 21 heavy (non-hydrogen) atoms. The van der Waals surface area contributed by atoms with Crippen LogP contribution in [0.2, 0.25) is 0 Å². The molecule has 0 nitrogen and oxygen atoms in total. The van der Waals surface area contributed by atoms with E-state index >= 15 is 0 Å². The van der Waals surface area contributed by atoms with Crippen LogP contribution in [0.25, 0.3) is 0 Å². The van der Waals surface area contributed by atoms with Gasteiger partial charge in [0.05, 0.1) is 4.47 Å². The van der Waals surface area contributed by atoms with Crippen LogP contribution < -0.4 is 0 Å². The van der Waals surface area contributed by atoms with Crippen LogP contribution in [0.5, 0.6) is 0 Å². The first-order valence-electron chi connectivity index (χ1n) is 6.65. The van der Waals surface area contributed by atoms with Crippen LogP contribution in [0.1, 0.15) is 16.7 Å². The normalized spacial score (nSPS) is 11.7.